The number of nitrogens with zero attached hydrogens (tertiary/aromatic N) is 4. The Kier molecular flexibility index (Phi) is 7.76. The van der Waals surface area contributed by atoms with Crippen LogP contribution in [0, 0.1) is 5.82 Å². The van der Waals surface area contributed by atoms with Crippen molar-refractivity contribution in [3.63, 3.8) is 0 Å². The minimum Gasteiger partial charge on any atom is -0.382 e. The lowest BCUT2D eigenvalue weighted by molar-refractivity contribution is -0.137. The van der Waals surface area contributed by atoms with Gasteiger partial charge in [0.1, 0.15) is 17.7 Å². The van der Waals surface area contributed by atoms with Crippen molar-refractivity contribution in [3.8, 4) is 11.1 Å². The first-order valence-electron chi connectivity index (χ1n) is 12.7. The van der Waals surface area contributed by atoms with Crippen LogP contribution in [0.15, 0.2) is 54.9 Å². The number of carbonyl (C=O) groups is 1. The monoisotopic (exact) mass is 577 g/mol. The highest BCUT2D eigenvalue weighted by molar-refractivity contribution is 6.00. The summed E-state index contributed by atoms with van der Waals surface area (Å²) in [6, 6.07) is 9.31. The van der Waals surface area contributed by atoms with Crippen LogP contribution in [0.5, 0.6) is 0 Å². The number of carbonyl (C=O) groups excluding carboxylic acids is 1. The number of hydrogen-bond acceptors (Lipinski definition) is 5. The van der Waals surface area contributed by atoms with Gasteiger partial charge < -0.3 is 16.4 Å². The third-order valence-electron chi connectivity index (χ3n) is 7.01. The topological polar surface area (TPSA) is 101 Å². The Labute approximate surface area is 230 Å². The van der Waals surface area contributed by atoms with Gasteiger partial charge in [-0.05, 0) is 67.9 Å². The number of amides is 2. The van der Waals surface area contributed by atoms with E-state index in [-0.39, 0.29) is 18.3 Å². The van der Waals surface area contributed by atoms with E-state index in [9.17, 15) is 31.1 Å². The standard InChI is InChI=1S/C27H25F6N7O/c28-20-6-3-17(27(31,32)33)11-21(20)38-26(41)37-18-4-1-15(2-5-18)19-12-22(40-24(19)25(34)35-14-36-40)16-7-9-39(10-8-16)13-23(29)30/h1-6,11-12,14,16,23H,7-10,13H2,(H2,34,35,36)(H2,37,38,41). The Bertz CT molecular complexity index is 1550. The predicted octanol–water partition coefficient (Wildman–Crippen LogP) is 6.22. The van der Waals surface area contributed by atoms with Crippen LogP contribution in [0.1, 0.15) is 30.0 Å². The summed E-state index contributed by atoms with van der Waals surface area (Å²) in [5, 5.41) is 8.94. The van der Waals surface area contributed by atoms with Crippen LogP contribution in [-0.2, 0) is 6.18 Å². The van der Waals surface area contributed by atoms with E-state index in [0.717, 1.165) is 16.8 Å². The van der Waals surface area contributed by atoms with Crippen molar-refractivity contribution in [2.24, 2.45) is 0 Å². The Balaban J connectivity index is 1.34. The number of piperidine rings is 1. The quantitative estimate of drug-likeness (QED) is 0.236. The summed E-state index contributed by atoms with van der Waals surface area (Å²) in [4.78, 5) is 18.2. The van der Waals surface area contributed by atoms with E-state index >= 15 is 0 Å². The number of benzene rings is 2. The zero-order valence-electron chi connectivity index (χ0n) is 21.4. The highest BCUT2D eigenvalue weighted by Gasteiger charge is 2.31. The summed E-state index contributed by atoms with van der Waals surface area (Å²) >= 11 is 0. The molecule has 14 heteroatoms. The molecule has 4 aromatic rings. The first kappa shape index (κ1) is 28.2. The van der Waals surface area contributed by atoms with Crippen molar-refractivity contribution in [3.05, 3.63) is 71.9 Å². The summed E-state index contributed by atoms with van der Waals surface area (Å²) in [7, 11) is 0. The number of anilines is 3. The molecular weight excluding hydrogens is 552 g/mol. The zero-order chi connectivity index (χ0) is 29.3. The number of hydrogen-bond donors (Lipinski definition) is 3. The van der Waals surface area contributed by atoms with Crippen LogP contribution >= 0.6 is 0 Å². The van der Waals surface area contributed by atoms with Crippen molar-refractivity contribution in [1.82, 2.24) is 19.5 Å². The molecule has 8 nitrogen and oxygen atoms in total. The van der Waals surface area contributed by atoms with Gasteiger partial charge in [0.15, 0.2) is 5.82 Å². The highest BCUT2D eigenvalue weighted by Crippen LogP contribution is 2.37. The van der Waals surface area contributed by atoms with Crippen molar-refractivity contribution < 1.29 is 31.1 Å². The van der Waals surface area contributed by atoms with E-state index in [0.29, 0.717) is 55.3 Å². The van der Waals surface area contributed by atoms with E-state index in [1.54, 1.807) is 33.7 Å². The second-order valence-corrected chi connectivity index (χ2v) is 9.70. The summed E-state index contributed by atoms with van der Waals surface area (Å²) in [6.07, 6.45) is -4.38. The van der Waals surface area contributed by atoms with E-state index in [4.69, 9.17) is 5.73 Å². The lowest BCUT2D eigenvalue weighted by Crippen LogP contribution is -2.36. The molecule has 0 radical (unpaired) electrons. The number of likely N-dealkylation sites (tertiary alicyclic amines) is 1. The number of urea groups is 1. The largest absolute Gasteiger partial charge is 0.416 e. The maximum absolute atomic E-state index is 14.0. The lowest BCUT2D eigenvalue weighted by atomic mass is 9.93. The van der Waals surface area contributed by atoms with Crippen LogP contribution in [0.25, 0.3) is 16.6 Å². The average Bonchev–Trinajstić information content (AvgIpc) is 3.31. The molecule has 0 aliphatic carbocycles. The van der Waals surface area contributed by atoms with Gasteiger partial charge in [-0.1, -0.05) is 12.1 Å². The number of nitrogen functional groups attached to an aromatic ring is 1. The van der Waals surface area contributed by atoms with Gasteiger partial charge in [0.2, 0.25) is 0 Å². The molecule has 0 spiro atoms. The van der Waals surface area contributed by atoms with Crippen LogP contribution in [0.4, 0.5) is 48.3 Å². The first-order valence-corrected chi connectivity index (χ1v) is 12.7. The number of nitrogens with one attached hydrogen (secondary N) is 2. The molecular formula is C27H25F6N7O. The number of fused-ring (bicyclic) bond motifs is 1. The van der Waals surface area contributed by atoms with Crippen molar-refractivity contribution in [2.45, 2.75) is 31.4 Å². The van der Waals surface area contributed by atoms with Crippen molar-refractivity contribution >= 4 is 28.7 Å². The Morgan fingerprint density at radius 3 is 2.41 bits per heavy atom. The number of aromatic nitrogens is 3. The molecule has 1 aliphatic heterocycles. The zero-order valence-corrected chi connectivity index (χ0v) is 21.4. The fraction of sp³-hybridized carbons (Fsp3) is 0.296. The number of alkyl halides is 5. The average molecular weight is 578 g/mol. The lowest BCUT2D eigenvalue weighted by Gasteiger charge is -2.31. The van der Waals surface area contributed by atoms with E-state index in [1.165, 1.54) is 6.33 Å². The minimum absolute atomic E-state index is 0.0698. The molecule has 0 bridgehead atoms. The van der Waals surface area contributed by atoms with Gasteiger partial charge in [0.05, 0.1) is 17.8 Å². The van der Waals surface area contributed by atoms with E-state index in [1.807, 2.05) is 6.07 Å². The maximum atomic E-state index is 14.0. The maximum Gasteiger partial charge on any atom is 0.416 e. The molecule has 0 saturated carbocycles. The first-order chi connectivity index (χ1) is 19.5. The summed E-state index contributed by atoms with van der Waals surface area (Å²) in [5.74, 6) is -0.694. The van der Waals surface area contributed by atoms with E-state index < -0.39 is 35.7 Å². The molecule has 1 fully saturated rings. The van der Waals surface area contributed by atoms with Crippen LogP contribution < -0.4 is 16.4 Å². The van der Waals surface area contributed by atoms with E-state index in [2.05, 4.69) is 20.7 Å². The molecule has 0 atom stereocenters. The number of halogens is 6. The molecule has 3 heterocycles. The van der Waals surface area contributed by atoms with Crippen molar-refractivity contribution in [1.29, 1.82) is 0 Å². The SMILES string of the molecule is Nc1ncnn2c(C3CCN(CC(F)F)CC3)cc(-c3ccc(NC(=O)Nc4cc(C(F)(F)F)ccc4F)cc3)c12. The van der Waals surface area contributed by atoms with Gasteiger partial charge in [0, 0.05) is 22.9 Å². The van der Waals surface area contributed by atoms with Gasteiger partial charge in [-0.3, -0.25) is 4.90 Å². The van der Waals surface area contributed by atoms with Crippen LogP contribution in [0.3, 0.4) is 0 Å². The number of rotatable bonds is 6. The molecule has 1 aliphatic rings. The van der Waals surface area contributed by atoms with Gasteiger partial charge in [-0.2, -0.15) is 18.3 Å². The van der Waals surface area contributed by atoms with Crippen LogP contribution in [-0.4, -0.2) is 51.6 Å². The summed E-state index contributed by atoms with van der Waals surface area (Å²) < 4.78 is 80.2. The van der Waals surface area contributed by atoms with Gasteiger partial charge in [-0.15, -0.1) is 0 Å². The van der Waals surface area contributed by atoms with Gasteiger partial charge >= 0.3 is 12.2 Å². The molecule has 1 saturated heterocycles. The third kappa shape index (κ3) is 6.21. The van der Waals surface area contributed by atoms with Crippen LogP contribution in [0.2, 0.25) is 0 Å². The molecule has 2 aromatic heterocycles. The normalized spacial score (nSPS) is 15.0. The molecule has 0 unspecified atom stereocenters. The Morgan fingerprint density at radius 1 is 1.05 bits per heavy atom. The summed E-state index contributed by atoms with van der Waals surface area (Å²) in [5.41, 5.74) is 7.71. The fourth-order valence-corrected chi connectivity index (χ4v) is 5.02. The second kappa shape index (κ2) is 11.3. The smallest absolute Gasteiger partial charge is 0.382 e. The molecule has 41 heavy (non-hydrogen) atoms. The van der Waals surface area contributed by atoms with Crippen molar-refractivity contribution in [2.75, 3.05) is 36.0 Å². The summed E-state index contributed by atoms with van der Waals surface area (Å²) in [6.45, 7) is 0.811. The predicted molar refractivity (Wildman–Crippen MR) is 141 cm³/mol. The minimum atomic E-state index is -4.69. The molecule has 5 rings (SSSR count). The third-order valence-corrected chi connectivity index (χ3v) is 7.01. The van der Waals surface area contributed by atoms with Gasteiger partial charge in [0.25, 0.3) is 6.43 Å². The highest BCUT2D eigenvalue weighted by atomic mass is 19.4. The molecule has 4 N–H and O–H groups in total. The Morgan fingerprint density at radius 2 is 1.76 bits per heavy atom. The fourth-order valence-electron chi connectivity index (χ4n) is 5.02. The second-order valence-electron chi connectivity index (χ2n) is 9.70. The van der Waals surface area contributed by atoms with Gasteiger partial charge in [-0.25, -0.2) is 27.5 Å². The Hall–Kier alpha value is -4.33. The molecule has 2 aromatic carbocycles. The molecule has 2 amide bonds. The molecule has 216 valence electrons. The number of nitrogens with two attached hydrogens (primary N) is 1.